The summed E-state index contributed by atoms with van der Waals surface area (Å²) in [5.41, 5.74) is 0.0873. The summed E-state index contributed by atoms with van der Waals surface area (Å²) < 4.78 is 54.2. The first-order valence-electron chi connectivity index (χ1n) is 4.77. The van der Waals surface area contributed by atoms with Crippen molar-refractivity contribution in [3.8, 4) is 0 Å². The van der Waals surface area contributed by atoms with E-state index in [1.54, 1.807) is 4.72 Å². The second-order valence-electron chi connectivity index (χ2n) is 3.42. The molecule has 5 nitrogen and oxygen atoms in total. The zero-order chi connectivity index (χ0) is 13.2. The van der Waals surface area contributed by atoms with Crippen LogP contribution in [0, 0.1) is 13.8 Å². The average Bonchev–Trinajstić information content (AvgIpc) is 2.50. The van der Waals surface area contributed by atoms with E-state index in [-0.39, 0.29) is 22.0 Å². The molecule has 0 aliphatic carbocycles. The fourth-order valence-electron chi connectivity index (χ4n) is 1.49. The van der Waals surface area contributed by atoms with Gasteiger partial charge in [0, 0.05) is 5.56 Å². The van der Waals surface area contributed by atoms with Crippen molar-refractivity contribution in [1.82, 2.24) is 4.72 Å². The highest BCUT2D eigenvalue weighted by atomic mass is 32.2. The number of aliphatic hydroxyl groups excluding tert-OH is 1. The third-order valence-corrected chi connectivity index (χ3v) is 3.80. The summed E-state index contributed by atoms with van der Waals surface area (Å²) in [5, 5.41) is 9.05. The maximum atomic E-state index is 12.0. The summed E-state index contributed by atoms with van der Waals surface area (Å²) >= 11 is 0. The Labute approximate surface area is 97.5 Å². The van der Waals surface area contributed by atoms with Crippen molar-refractivity contribution in [2.24, 2.45) is 0 Å². The van der Waals surface area contributed by atoms with E-state index in [2.05, 4.69) is 0 Å². The Hall–Kier alpha value is -0.990. The Kier molecular flexibility index (Phi) is 4.23. The standard InChI is InChI=1S/C9H13F2NO4S/c1-5-7(4-13)9(6(2)16-5)17(14,15)12-3-8(10)11/h8,12-13H,3-4H2,1-2H3. The number of aliphatic hydroxyl groups is 1. The van der Waals surface area contributed by atoms with Crippen molar-refractivity contribution >= 4 is 10.0 Å². The molecule has 1 rings (SSSR count). The van der Waals surface area contributed by atoms with Crippen LogP contribution in [0.3, 0.4) is 0 Å². The van der Waals surface area contributed by atoms with E-state index in [4.69, 9.17) is 9.52 Å². The predicted molar refractivity (Wildman–Crippen MR) is 55.3 cm³/mol. The Morgan fingerprint density at radius 1 is 1.35 bits per heavy atom. The van der Waals surface area contributed by atoms with E-state index < -0.39 is 29.6 Å². The molecule has 0 aliphatic rings. The average molecular weight is 269 g/mol. The quantitative estimate of drug-likeness (QED) is 0.833. The number of nitrogens with one attached hydrogen (secondary N) is 1. The van der Waals surface area contributed by atoms with Gasteiger partial charge in [-0.25, -0.2) is 21.9 Å². The van der Waals surface area contributed by atoms with Crippen LogP contribution in [0.5, 0.6) is 0 Å². The fourth-order valence-corrected chi connectivity index (χ4v) is 2.93. The van der Waals surface area contributed by atoms with Crippen molar-refractivity contribution in [2.45, 2.75) is 31.8 Å². The summed E-state index contributed by atoms with van der Waals surface area (Å²) in [6.45, 7) is 1.37. The van der Waals surface area contributed by atoms with Crippen LogP contribution in [0.4, 0.5) is 8.78 Å². The molecule has 1 heterocycles. The molecule has 17 heavy (non-hydrogen) atoms. The first-order chi connectivity index (χ1) is 7.79. The molecule has 0 saturated heterocycles. The van der Waals surface area contributed by atoms with Gasteiger partial charge < -0.3 is 9.52 Å². The zero-order valence-electron chi connectivity index (χ0n) is 9.33. The van der Waals surface area contributed by atoms with Crippen LogP contribution >= 0.6 is 0 Å². The van der Waals surface area contributed by atoms with Crippen molar-refractivity contribution in [3.05, 3.63) is 17.1 Å². The van der Waals surface area contributed by atoms with Crippen LogP contribution in [-0.2, 0) is 16.6 Å². The van der Waals surface area contributed by atoms with Crippen molar-refractivity contribution < 1.29 is 26.7 Å². The van der Waals surface area contributed by atoms with Gasteiger partial charge in [-0.1, -0.05) is 0 Å². The van der Waals surface area contributed by atoms with Crippen LogP contribution in [0.15, 0.2) is 9.31 Å². The van der Waals surface area contributed by atoms with E-state index in [0.29, 0.717) is 0 Å². The molecule has 0 radical (unpaired) electrons. The van der Waals surface area contributed by atoms with E-state index in [1.807, 2.05) is 0 Å². The van der Waals surface area contributed by atoms with Gasteiger partial charge in [0.2, 0.25) is 10.0 Å². The summed E-state index contributed by atoms with van der Waals surface area (Å²) in [5.74, 6) is 0.315. The predicted octanol–water partition coefficient (Wildman–Crippen LogP) is 0.932. The molecule has 98 valence electrons. The SMILES string of the molecule is Cc1oc(C)c(S(=O)(=O)NCC(F)F)c1CO. The Balaban J connectivity index is 3.14. The largest absolute Gasteiger partial charge is 0.465 e. The number of sulfonamides is 1. The first-order valence-corrected chi connectivity index (χ1v) is 6.25. The van der Waals surface area contributed by atoms with Crippen LogP contribution in [0.25, 0.3) is 0 Å². The third-order valence-electron chi connectivity index (χ3n) is 2.18. The zero-order valence-corrected chi connectivity index (χ0v) is 10.1. The number of alkyl halides is 2. The van der Waals surface area contributed by atoms with Gasteiger partial charge in [-0.05, 0) is 13.8 Å². The molecule has 0 spiro atoms. The van der Waals surface area contributed by atoms with Gasteiger partial charge in [-0.3, -0.25) is 0 Å². The summed E-state index contributed by atoms with van der Waals surface area (Å²) in [4.78, 5) is -0.266. The molecular formula is C9H13F2NO4S. The Bertz CT molecular complexity index is 495. The number of hydrogen-bond donors (Lipinski definition) is 2. The van der Waals surface area contributed by atoms with Gasteiger partial charge >= 0.3 is 0 Å². The molecule has 0 bridgehead atoms. The molecule has 0 fully saturated rings. The lowest BCUT2D eigenvalue weighted by Gasteiger charge is -2.06. The Morgan fingerprint density at radius 3 is 2.41 bits per heavy atom. The highest BCUT2D eigenvalue weighted by Crippen LogP contribution is 2.26. The highest BCUT2D eigenvalue weighted by Gasteiger charge is 2.26. The normalized spacial score (nSPS) is 12.4. The second-order valence-corrected chi connectivity index (χ2v) is 5.13. The van der Waals surface area contributed by atoms with Gasteiger partial charge in [0.25, 0.3) is 6.43 Å². The molecule has 0 aliphatic heterocycles. The molecule has 1 aromatic heterocycles. The molecule has 0 saturated carbocycles. The molecule has 8 heteroatoms. The molecule has 0 aromatic carbocycles. The van der Waals surface area contributed by atoms with Crippen LogP contribution in [0.1, 0.15) is 17.1 Å². The number of halogens is 2. The van der Waals surface area contributed by atoms with E-state index in [0.717, 1.165) is 0 Å². The summed E-state index contributed by atoms with van der Waals surface area (Å²) in [6, 6.07) is 0. The lowest BCUT2D eigenvalue weighted by atomic mass is 10.2. The third kappa shape index (κ3) is 3.02. The minimum absolute atomic E-state index is 0.0633. The molecular weight excluding hydrogens is 256 g/mol. The van der Waals surface area contributed by atoms with E-state index in [9.17, 15) is 17.2 Å². The van der Waals surface area contributed by atoms with Crippen LogP contribution in [-0.4, -0.2) is 26.5 Å². The van der Waals surface area contributed by atoms with E-state index >= 15 is 0 Å². The molecule has 0 amide bonds. The minimum Gasteiger partial charge on any atom is -0.465 e. The number of aryl methyl sites for hydroxylation is 2. The maximum absolute atomic E-state index is 12.0. The minimum atomic E-state index is -4.09. The van der Waals surface area contributed by atoms with Crippen molar-refractivity contribution in [3.63, 3.8) is 0 Å². The monoisotopic (exact) mass is 269 g/mol. The van der Waals surface area contributed by atoms with E-state index in [1.165, 1.54) is 13.8 Å². The summed E-state index contributed by atoms with van der Waals surface area (Å²) in [7, 11) is -4.09. The smallest absolute Gasteiger partial charge is 0.251 e. The number of rotatable bonds is 5. The molecule has 1 aromatic rings. The van der Waals surface area contributed by atoms with Crippen LogP contribution in [0.2, 0.25) is 0 Å². The van der Waals surface area contributed by atoms with Gasteiger partial charge in [-0.15, -0.1) is 0 Å². The fraction of sp³-hybridized carbons (Fsp3) is 0.556. The highest BCUT2D eigenvalue weighted by molar-refractivity contribution is 7.89. The molecule has 0 atom stereocenters. The lowest BCUT2D eigenvalue weighted by molar-refractivity contribution is 0.153. The number of hydrogen-bond acceptors (Lipinski definition) is 4. The van der Waals surface area contributed by atoms with Crippen molar-refractivity contribution in [2.75, 3.05) is 6.54 Å². The Morgan fingerprint density at radius 2 is 1.94 bits per heavy atom. The second kappa shape index (κ2) is 5.11. The molecule has 2 N–H and O–H groups in total. The molecule has 0 unspecified atom stereocenters. The van der Waals surface area contributed by atoms with Gasteiger partial charge in [0.05, 0.1) is 13.2 Å². The van der Waals surface area contributed by atoms with Gasteiger partial charge in [-0.2, -0.15) is 0 Å². The first kappa shape index (κ1) is 14.1. The summed E-state index contributed by atoms with van der Waals surface area (Å²) in [6.07, 6.45) is -2.78. The van der Waals surface area contributed by atoms with Gasteiger partial charge in [0.1, 0.15) is 16.4 Å². The lowest BCUT2D eigenvalue weighted by Crippen LogP contribution is -2.29. The topological polar surface area (TPSA) is 79.5 Å². The van der Waals surface area contributed by atoms with Crippen LogP contribution < -0.4 is 4.72 Å². The van der Waals surface area contributed by atoms with Gasteiger partial charge in [0.15, 0.2) is 0 Å². The van der Waals surface area contributed by atoms with Crippen molar-refractivity contribution in [1.29, 1.82) is 0 Å². The number of furan rings is 1. The maximum Gasteiger partial charge on any atom is 0.251 e.